The average Bonchev–Trinajstić information content (AvgIpc) is 2.08. The highest BCUT2D eigenvalue weighted by Crippen LogP contribution is 2.11. The molecule has 0 radical (unpaired) electrons. The van der Waals surface area contributed by atoms with Gasteiger partial charge < -0.3 is 4.74 Å². The molecule has 0 fully saturated rings. The van der Waals surface area contributed by atoms with Crippen LogP contribution in [0.15, 0.2) is 24.3 Å². The highest BCUT2D eigenvalue weighted by molar-refractivity contribution is 6.63. The van der Waals surface area contributed by atoms with E-state index in [2.05, 4.69) is 0 Å². The number of halogens is 2. The van der Waals surface area contributed by atoms with E-state index in [0.29, 0.717) is 5.75 Å². The normalized spacial score (nSPS) is 9.69. The maximum absolute atomic E-state index is 12.4. The number of hydrogen-bond acceptors (Lipinski definition) is 2. The second kappa shape index (κ2) is 4.82. The van der Waals surface area contributed by atoms with Crippen molar-refractivity contribution in [1.29, 1.82) is 0 Å². The average molecular weight is 203 g/mol. The summed E-state index contributed by atoms with van der Waals surface area (Å²) >= 11 is 5.09. The summed E-state index contributed by atoms with van der Waals surface area (Å²) in [6.45, 7) is 0.216. The van der Waals surface area contributed by atoms with Gasteiger partial charge in [-0.1, -0.05) is 0 Å². The summed E-state index contributed by atoms with van der Waals surface area (Å²) in [5.74, 6) is 0.208. The lowest BCUT2D eigenvalue weighted by molar-refractivity contribution is -0.112. The molecular weight excluding hydrogens is 195 g/mol. The van der Waals surface area contributed by atoms with Crippen LogP contribution >= 0.6 is 11.6 Å². The second-order valence-electron chi connectivity index (χ2n) is 2.41. The van der Waals surface area contributed by atoms with Gasteiger partial charge in [0.2, 0.25) is 5.24 Å². The molecule has 2 nitrogen and oxygen atoms in total. The Labute approximate surface area is 80.3 Å². The third-order valence-corrected chi connectivity index (χ3v) is 1.57. The number of carbonyl (C=O) groups excluding carboxylic acids is 1. The SMILES string of the molecule is O=C(Cl)CCOc1ccc(F)cc1. The molecule has 0 atom stereocenters. The lowest BCUT2D eigenvalue weighted by Gasteiger charge is -2.02. The molecule has 4 heteroatoms. The molecule has 0 spiro atoms. The topological polar surface area (TPSA) is 26.3 Å². The van der Waals surface area contributed by atoms with Crippen LogP contribution in [-0.2, 0) is 4.79 Å². The summed E-state index contributed by atoms with van der Waals surface area (Å²) in [6.07, 6.45) is 0.152. The molecule has 70 valence electrons. The fraction of sp³-hybridized carbons (Fsp3) is 0.222. The molecule has 1 aromatic carbocycles. The summed E-state index contributed by atoms with van der Waals surface area (Å²) in [6, 6.07) is 5.57. The van der Waals surface area contributed by atoms with E-state index in [1.54, 1.807) is 0 Å². The monoisotopic (exact) mass is 202 g/mol. The summed E-state index contributed by atoms with van der Waals surface area (Å²) in [4.78, 5) is 10.3. The van der Waals surface area contributed by atoms with E-state index in [9.17, 15) is 9.18 Å². The molecule has 0 amide bonds. The van der Waals surface area contributed by atoms with Crippen molar-refractivity contribution in [2.45, 2.75) is 6.42 Å². The lowest BCUT2D eigenvalue weighted by atomic mass is 10.3. The molecule has 0 heterocycles. The second-order valence-corrected chi connectivity index (χ2v) is 2.83. The molecule has 1 aromatic rings. The molecular formula is C9H8ClFO2. The van der Waals surface area contributed by atoms with Gasteiger partial charge in [0.25, 0.3) is 0 Å². The Morgan fingerprint density at radius 3 is 2.54 bits per heavy atom. The first kappa shape index (κ1) is 9.99. The summed E-state index contributed by atoms with van der Waals surface area (Å²) in [7, 11) is 0. The van der Waals surface area contributed by atoms with E-state index in [4.69, 9.17) is 16.3 Å². The van der Waals surface area contributed by atoms with E-state index in [-0.39, 0.29) is 18.8 Å². The third-order valence-electron chi connectivity index (χ3n) is 1.38. The minimum absolute atomic E-state index is 0.152. The fourth-order valence-corrected chi connectivity index (χ4v) is 0.857. The first-order chi connectivity index (χ1) is 6.18. The molecule has 13 heavy (non-hydrogen) atoms. The van der Waals surface area contributed by atoms with Crippen LogP contribution in [0, 0.1) is 5.82 Å². The van der Waals surface area contributed by atoms with Crippen LogP contribution in [-0.4, -0.2) is 11.8 Å². The Hall–Kier alpha value is -1.09. The summed E-state index contributed by atoms with van der Waals surface area (Å²) in [5.41, 5.74) is 0. The van der Waals surface area contributed by atoms with E-state index < -0.39 is 5.24 Å². The van der Waals surface area contributed by atoms with Crippen molar-refractivity contribution in [3.8, 4) is 5.75 Å². The summed E-state index contributed by atoms with van der Waals surface area (Å²) in [5, 5.41) is -0.442. The molecule has 1 rings (SSSR count). The number of ether oxygens (including phenoxy) is 1. The van der Waals surface area contributed by atoms with Crippen LogP contribution in [0.2, 0.25) is 0 Å². The fourth-order valence-electron chi connectivity index (χ4n) is 0.780. The number of hydrogen-bond donors (Lipinski definition) is 0. The number of rotatable bonds is 4. The van der Waals surface area contributed by atoms with Crippen molar-refractivity contribution in [3.63, 3.8) is 0 Å². The predicted octanol–water partition coefficient (Wildman–Crippen LogP) is 2.36. The molecule has 0 saturated carbocycles. The van der Waals surface area contributed by atoms with Gasteiger partial charge in [-0.2, -0.15) is 0 Å². The van der Waals surface area contributed by atoms with E-state index in [0.717, 1.165) is 0 Å². The van der Waals surface area contributed by atoms with Crippen LogP contribution in [0.5, 0.6) is 5.75 Å². The Bertz CT molecular complexity index is 284. The first-order valence-electron chi connectivity index (χ1n) is 3.75. The van der Waals surface area contributed by atoms with Gasteiger partial charge in [0, 0.05) is 0 Å². The van der Waals surface area contributed by atoms with Gasteiger partial charge in [0.1, 0.15) is 11.6 Å². The van der Waals surface area contributed by atoms with Crippen LogP contribution in [0.25, 0.3) is 0 Å². The first-order valence-corrected chi connectivity index (χ1v) is 4.13. The van der Waals surface area contributed by atoms with E-state index >= 15 is 0 Å². The smallest absolute Gasteiger partial charge is 0.225 e. The molecule has 0 aliphatic rings. The van der Waals surface area contributed by atoms with Gasteiger partial charge >= 0.3 is 0 Å². The predicted molar refractivity (Wildman–Crippen MR) is 47.4 cm³/mol. The minimum atomic E-state index is -0.442. The zero-order chi connectivity index (χ0) is 9.68. The molecule has 0 unspecified atom stereocenters. The Morgan fingerprint density at radius 2 is 2.00 bits per heavy atom. The van der Waals surface area contributed by atoms with Gasteiger partial charge in [-0.05, 0) is 35.9 Å². The maximum Gasteiger partial charge on any atom is 0.225 e. The van der Waals surface area contributed by atoms with Crippen LogP contribution < -0.4 is 4.74 Å². The number of carbonyl (C=O) groups is 1. The lowest BCUT2D eigenvalue weighted by Crippen LogP contribution is -2.00. The molecule has 0 bridgehead atoms. The molecule has 0 aliphatic carbocycles. The molecule has 0 saturated heterocycles. The van der Waals surface area contributed by atoms with Crippen LogP contribution in [0.1, 0.15) is 6.42 Å². The van der Waals surface area contributed by atoms with Crippen molar-refractivity contribution in [3.05, 3.63) is 30.1 Å². The van der Waals surface area contributed by atoms with Crippen LogP contribution in [0.4, 0.5) is 4.39 Å². The van der Waals surface area contributed by atoms with Crippen molar-refractivity contribution in [1.82, 2.24) is 0 Å². The number of benzene rings is 1. The van der Waals surface area contributed by atoms with E-state index in [1.807, 2.05) is 0 Å². The van der Waals surface area contributed by atoms with Gasteiger partial charge in [-0.25, -0.2) is 4.39 Å². The molecule has 0 aromatic heterocycles. The molecule has 0 aliphatic heterocycles. The third kappa shape index (κ3) is 3.90. The minimum Gasteiger partial charge on any atom is -0.493 e. The highest BCUT2D eigenvalue weighted by Gasteiger charge is 1.97. The Morgan fingerprint density at radius 1 is 1.38 bits per heavy atom. The summed E-state index contributed by atoms with van der Waals surface area (Å²) < 4.78 is 17.5. The maximum atomic E-state index is 12.4. The van der Waals surface area contributed by atoms with Crippen LogP contribution in [0.3, 0.4) is 0 Å². The van der Waals surface area contributed by atoms with Crippen molar-refractivity contribution in [2.24, 2.45) is 0 Å². The van der Waals surface area contributed by atoms with Gasteiger partial charge in [-0.15, -0.1) is 0 Å². The van der Waals surface area contributed by atoms with Crippen molar-refractivity contribution >= 4 is 16.8 Å². The van der Waals surface area contributed by atoms with Gasteiger partial charge in [0.15, 0.2) is 0 Å². The standard InChI is InChI=1S/C9H8ClFO2/c10-9(12)5-6-13-8-3-1-7(11)2-4-8/h1-4H,5-6H2. The molecule has 0 N–H and O–H groups in total. The quantitative estimate of drug-likeness (QED) is 0.701. The highest BCUT2D eigenvalue weighted by atomic mass is 35.5. The van der Waals surface area contributed by atoms with Crippen molar-refractivity contribution < 1.29 is 13.9 Å². The Kier molecular flexibility index (Phi) is 3.71. The largest absolute Gasteiger partial charge is 0.493 e. The Balaban J connectivity index is 2.37. The zero-order valence-electron chi connectivity index (χ0n) is 6.80. The van der Waals surface area contributed by atoms with Crippen molar-refractivity contribution in [2.75, 3.05) is 6.61 Å². The van der Waals surface area contributed by atoms with Gasteiger partial charge in [-0.3, -0.25) is 4.79 Å². The van der Waals surface area contributed by atoms with E-state index in [1.165, 1.54) is 24.3 Å². The zero-order valence-corrected chi connectivity index (χ0v) is 7.55. The van der Waals surface area contributed by atoms with Gasteiger partial charge in [0.05, 0.1) is 13.0 Å².